The molecular weight excluding hydrogens is 379 g/mol. The Balaban J connectivity index is 5.42. The molecule has 0 spiro atoms. The Bertz CT molecular complexity index is 365. The van der Waals surface area contributed by atoms with E-state index in [0.29, 0.717) is 7.11 Å². The minimum absolute atomic E-state index is 0.678. The van der Waals surface area contributed by atoms with Crippen molar-refractivity contribution in [3.63, 3.8) is 0 Å². The van der Waals surface area contributed by atoms with Crippen LogP contribution in [0.1, 0.15) is 6.42 Å². The van der Waals surface area contributed by atoms with Crippen molar-refractivity contribution < 1.29 is 49.0 Å². The van der Waals surface area contributed by atoms with Gasteiger partial charge in [-0.1, -0.05) is 15.9 Å². The molecule has 0 fully saturated rings. The van der Waals surface area contributed by atoms with Crippen molar-refractivity contribution in [2.24, 2.45) is 0 Å². The van der Waals surface area contributed by atoms with Gasteiger partial charge in [-0.25, -0.2) is 0 Å². The van der Waals surface area contributed by atoms with Gasteiger partial charge in [0.05, 0.1) is 7.11 Å². The normalized spacial score (nSPS) is 15.9. The van der Waals surface area contributed by atoms with Crippen LogP contribution < -0.4 is 0 Å². The first-order valence-corrected chi connectivity index (χ1v) is 5.45. The van der Waals surface area contributed by atoms with Gasteiger partial charge in [-0.3, -0.25) is 4.79 Å². The molecule has 2 nitrogen and oxygen atoms in total. The van der Waals surface area contributed by atoms with E-state index in [-0.39, 0.29) is 0 Å². The average Bonchev–Trinajstić information content (AvgIpc) is 2.25. The molecule has 0 aromatic rings. The quantitative estimate of drug-likeness (QED) is 0.409. The summed E-state index contributed by atoms with van der Waals surface area (Å²) in [6, 6.07) is 0. The van der Waals surface area contributed by atoms with Gasteiger partial charge in [0.25, 0.3) is 0 Å². The lowest BCUT2D eigenvalue weighted by atomic mass is 9.99. The van der Waals surface area contributed by atoms with Crippen molar-refractivity contribution in [1.82, 2.24) is 0 Å². The number of rotatable bonds is 5. The van der Waals surface area contributed by atoms with Crippen molar-refractivity contribution in [1.29, 1.82) is 0 Å². The summed E-state index contributed by atoms with van der Waals surface area (Å²) in [5.74, 6) is -21.0. The molecule has 1 atom stereocenters. The van der Waals surface area contributed by atoms with Crippen LogP contribution >= 0.6 is 15.9 Å². The highest BCUT2D eigenvalue weighted by molar-refractivity contribution is 9.10. The lowest BCUT2D eigenvalue weighted by molar-refractivity contribution is -0.396. The number of halogens is 10. The van der Waals surface area contributed by atoms with E-state index in [0.717, 1.165) is 0 Å². The van der Waals surface area contributed by atoms with Gasteiger partial charge in [0, 0.05) is 6.42 Å². The third-order valence-corrected chi connectivity index (χ3v) is 2.80. The van der Waals surface area contributed by atoms with E-state index in [1.54, 1.807) is 0 Å². The van der Waals surface area contributed by atoms with Crippen molar-refractivity contribution in [2.75, 3.05) is 7.11 Å². The van der Waals surface area contributed by atoms with Gasteiger partial charge in [0.1, 0.15) is 4.83 Å². The average molecular weight is 385 g/mol. The molecule has 0 N–H and O–H groups in total. The van der Waals surface area contributed by atoms with Gasteiger partial charge in [-0.05, 0) is 0 Å². The van der Waals surface area contributed by atoms with Crippen molar-refractivity contribution in [2.45, 2.75) is 35.2 Å². The van der Waals surface area contributed by atoms with E-state index >= 15 is 0 Å². The smallest absolute Gasteiger partial charge is 0.460 e. The van der Waals surface area contributed by atoms with Gasteiger partial charge >= 0.3 is 29.9 Å². The van der Waals surface area contributed by atoms with E-state index in [2.05, 4.69) is 20.7 Å². The molecule has 0 aliphatic carbocycles. The van der Waals surface area contributed by atoms with Crippen molar-refractivity contribution in [3.8, 4) is 0 Å². The molecular formula is C8H6BrF9O2. The zero-order valence-corrected chi connectivity index (χ0v) is 11.0. The van der Waals surface area contributed by atoms with Gasteiger partial charge in [-0.15, -0.1) is 0 Å². The van der Waals surface area contributed by atoms with Gasteiger partial charge < -0.3 is 4.74 Å². The molecule has 0 bridgehead atoms. The first-order chi connectivity index (χ1) is 8.62. The summed E-state index contributed by atoms with van der Waals surface area (Å²) in [6.45, 7) is 0. The highest BCUT2D eigenvalue weighted by Crippen LogP contribution is 2.54. The summed E-state index contributed by atoms with van der Waals surface area (Å²) in [6.07, 6.45) is -9.19. The summed E-state index contributed by atoms with van der Waals surface area (Å²) >= 11 is 2.13. The fraction of sp³-hybridized carbons (Fsp3) is 0.875. The maximum Gasteiger partial charge on any atom is 0.460 e. The predicted molar refractivity (Wildman–Crippen MR) is 50.2 cm³/mol. The fourth-order valence-corrected chi connectivity index (χ4v) is 1.57. The molecule has 0 saturated carbocycles. The number of ether oxygens (including phenoxy) is 1. The van der Waals surface area contributed by atoms with E-state index in [4.69, 9.17) is 0 Å². The largest absolute Gasteiger partial charge is 0.468 e. The minimum Gasteiger partial charge on any atom is -0.468 e. The molecule has 0 aliphatic heterocycles. The molecule has 0 aromatic heterocycles. The SMILES string of the molecule is COC(=O)C(Br)CC(F)(F)C(F)(F)C(F)(F)C(F)(F)F. The van der Waals surface area contributed by atoms with Gasteiger partial charge in [0.15, 0.2) is 0 Å². The lowest BCUT2D eigenvalue weighted by Crippen LogP contribution is -2.61. The summed E-state index contributed by atoms with van der Waals surface area (Å²) in [4.78, 5) is 8.52. The molecule has 0 saturated heterocycles. The highest BCUT2D eigenvalue weighted by Gasteiger charge is 2.81. The molecule has 120 valence electrons. The first kappa shape index (κ1) is 19.3. The fourth-order valence-electron chi connectivity index (χ4n) is 0.972. The lowest BCUT2D eigenvalue weighted by Gasteiger charge is -2.34. The van der Waals surface area contributed by atoms with Crippen LogP contribution in [0.25, 0.3) is 0 Å². The summed E-state index contributed by atoms with van der Waals surface area (Å²) in [5.41, 5.74) is 0. The number of carbonyl (C=O) groups is 1. The van der Waals surface area contributed by atoms with Crippen molar-refractivity contribution in [3.05, 3.63) is 0 Å². The van der Waals surface area contributed by atoms with Gasteiger partial charge in [-0.2, -0.15) is 39.5 Å². The van der Waals surface area contributed by atoms with E-state index in [1.807, 2.05) is 0 Å². The third kappa shape index (κ3) is 3.31. The van der Waals surface area contributed by atoms with E-state index in [1.165, 1.54) is 0 Å². The molecule has 12 heteroatoms. The van der Waals surface area contributed by atoms with E-state index in [9.17, 15) is 44.3 Å². The zero-order chi connectivity index (χ0) is 16.6. The zero-order valence-electron chi connectivity index (χ0n) is 9.38. The number of carbonyl (C=O) groups excluding carboxylic acids is 1. The third-order valence-electron chi connectivity index (χ3n) is 2.10. The molecule has 0 rings (SSSR count). The second kappa shape index (κ2) is 5.60. The van der Waals surface area contributed by atoms with Crippen LogP contribution in [-0.2, 0) is 9.53 Å². The molecule has 0 heterocycles. The number of hydrogen-bond donors (Lipinski definition) is 0. The maximum absolute atomic E-state index is 13.0. The molecule has 0 radical (unpaired) electrons. The second-order valence-electron chi connectivity index (χ2n) is 3.55. The maximum atomic E-state index is 13.0. The van der Waals surface area contributed by atoms with Crippen molar-refractivity contribution >= 4 is 21.9 Å². The van der Waals surface area contributed by atoms with Crippen LogP contribution in [0.3, 0.4) is 0 Å². The van der Waals surface area contributed by atoms with Crippen LogP contribution in [0, 0.1) is 0 Å². The minimum atomic E-state index is -6.97. The topological polar surface area (TPSA) is 26.3 Å². The molecule has 0 aromatic carbocycles. The Kier molecular flexibility index (Phi) is 5.41. The summed E-state index contributed by atoms with van der Waals surface area (Å²) in [5, 5.41) is 0. The van der Waals surface area contributed by atoms with E-state index < -0.39 is 41.2 Å². The standard InChI is InChI=1S/C8H6BrF9O2/c1-20-4(19)3(9)2-5(10,11)6(12,13)7(14,15)8(16,17)18/h3H,2H2,1H3. The second-order valence-corrected chi connectivity index (χ2v) is 4.65. The van der Waals surface area contributed by atoms with Crippen LogP contribution in [0.15, 0.2) is 0 Å². The predicted octanol–water partition coefficient (Wildman–Crippen LogP) is 3.78. The first-order valence-electron chi connectivity index (χ1n) is 4.54. The molecule has 0 aliphatic rings. The van der Waals surface area contributed by atoms with Gasteiger partial charge in [0.2, 0.25) is 0 Å². The summed E-state index contributed by atoms with van der Waals surface area (Å²) in [7, 11) is 0.678. The van der Waals surface area contributed by atoms with Crippen LogP contribution in [0.2, 0.25) is 0 Å². The Hall–Kier alpha value is -0.680. The van der Waals surface area contributed by atoms with Crippen LogP contribution in [0.5, 0.6) is 0 Å². The number of methoxy groups -OCH3 is 1. The van der Waals surface area contributed by atoms with Crippen LogP contribution in [-0.4, -0.2) is 41.9 Å². The summed E-state index contributed by atoms with van der Waals surface area (Å²) < 4.78 is 116. The number of alkyl halides is 10. The Labute approximate surface area is 114 Å². The Morgan fingerprint density at radius 3 is 1.70 bits per heavy atom. The van der Waals surface area contributed by atoms with Crippen LogP contribution in [0.4, 0.5) is 39.5 Å². The molecule has 0 amide bonds. The molecule has 1 unspecified atom stereocenters. The monoisotopic (exact) mass is 384 g/mol. The number of esters is 1. The molecule has 20 heavy (non-hydrogen) atoms. The number of hydrogen-bond acceptors (Lipinski definition) is 2. The highest BCUT2D eigenvalue weighted by atomic mass is 79.9. The Morgan fingerprint density at radius 2 is 1.40 bits per heavy atom. The Morgan fingerprint density at radius 1 is 1.00 bits per heavy atom.